The number of phenolic OH excluding ortho intramolecular Hbond substituents is 1. The van der Waals surface area contributed by atoms with E-state index in [4.69, 9.17) is 11.6 Å². The molecule has 0 aliphatic heterocycles. The summed E-state index contributed by atoms with van der Waals surface area (Å²) in [5.41, 5.74) is 2.40. The Labute approximate surface area is 142 Å². The van der Waals surface area contributed by atoms with Crippen LogP contribution in [-0.2, 0) is 0 Å². The molecule has 0 spiro atoms. The molecular formula is C18H12ClN3O2. The smallest absolute Gasteiger partial charge is 0.149 e. The van der Waals surface area contributed by atoms with Gasteiger partial charge < -0.3 is 10.2 Å². The summed E-state index contributed by atoms with van der Waals surface area (Å²) in [5, 5.41) is 20.7. The highest BCUT2D eigenvalue weighted by Crippen LogP contribution is 2.38. The average Bonchev–Trinajstić information content (AvgIpc) is 2.97. The minimum atomic E-state index is -0.0307. The lowest BCUT2D eigenvalue weighted by molar-refractivity contribution is 0.476. The molecule has 4 rings (SSSR count). The highest BCUT2D eigenvalue weighted by molar-refractivity contribution is 6.32. The topological polar surface area (TPSA) is 70.7 Å². The number of hydrogen-bond acceptors (Lipinski definition) is 4. The molecule has 0 saturated carbocycles. The van der Waals surface area contributed by atoms with Gasteiger partial charge in [-0.3, -0.25) is 9.38 Å². The number of aromatic hydroxyl groups is 2. The van der Waals surface area contributed by atoms with Gasteiger partial charge in [0.05, 0.1) is 21.7 Å². The monoisotopic (exact) mass is 337 g/mol. The lowest BCUT2D eigenvalue weighted by atomic mass is 10.1. The van der Waals surface area contributed by atoms with Crippen molar-refractivity contribution in [1.29, 1.82) is 0 Å². The van der Waals surface area contributed by atoms with E-state index in [1.54, 1.807) is 24.4 Å². The van der Waals surface area contributed by atoms with Gasteiger partial charge in [0, 0.05) is 18.6 Å². The van der Waals surface area contributed by atoms with Gasteiger partial charge in [0.2, 0.25) is 0 Å². The summed E-state index contributed by atoms with van der Waals surface area (Å²) in [4.78, 5) is 8.70. The van der Waals surface area contributed by atoms with E-state index < -0.39 is 0 Å². The van der Waals surface area contributed by atoms with Crippen molar-refractivity contribution in [2.45, 2.75) is 0 Å². The normalized spacial score (nSPS) is 11.0. The van der Waals surface area contributed by atoms with Gasteiger partial charge in [-0.1, -0.05) is 23.7 Å². The van der Waals surface area contributed by atoms with Crippen LogP contribution in [0.25, 0.3) is 28.2 Å². The van der Waals surface area contributed by atoms with E-state index in [1.807, 2.05) is 28.8 Å². The van der Waals surface area contributed by atoms with Crippen LogP contribution in [0.1, 0.15) is 0 Å². The number of rotatable bonds is 2. The van der Waals surface area contributed by atoms with Crippen molar-refractivity contribution in [2.24, 2.45) is 0 Å². The van der Waals surface area contributed by atoms with E-state index in [-0.39, 0.29) is 16.5 Å². The van der Waals surface area contributed by atoms with Gasteiger partial charge in [0.1, 0.15) is 23.0 Å². The molecule has 0 amide bonds. The van der Waals surface area contributed by atoms with Crippen LogP contribution in [0.2, 0.25) is 5.02 Å². The van der Waals surface area contributed by atoms with Crippen molar-refractivity contribution < 1.29 is 10.2 Å². The van der Waals surface area contributed by atoms with E-state index in [0.29, 0.717) is 22.6 Å². The zero-order chi connectivity index (χ0) is 16.7. The Morgan fingerprint density at radius 3 is 2.67 bits per heavy atom. The van der Waals surface area contributed by atoms with Gasteiger partial charge >= 0.3 is 0 Å². The molecule has 3 heterocycles. The number of fused-ring (bicyclic) bond motifs is 1. The number of imidazole rings is 1. The third kappa shape index (κ3) is 2.18. The molecule has 4 aromatic rings. The predicted octanol–water partition coefficient (Wildman–Crippen LogP) is 4.13. The highest BCUT2D eigenvalue weighted by atomic mass is 35.5. The maximum atomic E-state index is 10.3. The largest absolute Gasteiger partial charge is 0.507 e. The molecule has 0 unspecified atom stereocenters. The van der Waals surface area contributed by atoms with Gasteiger partial charge in [-0.05, 0) is 30.3 Å². The van der Waals surface area contributed by atoms with Crippen molar-refractivity contribution in [2.75, 3.05) is 0 Å². The van der Waals surface area contributed by atoms with Crippen LogP contribution in [0.15, 0.2) is 61.1 Å². The molecule has 3 aromatic heterocycles. The van der Waals surface area contributed by atoms with Crippen LogP contribution < -0.4 is 0 Å². The molecule has 1 aromatic carbocycles. The fourth-order valence-electron chi connectivity index (χ4n) is 2.69. The molecule has 0 bridgehead atoms. The van der Waals surface area contributed by atoms with Gasteiger partial charge in [0.15, 0.2) is 0 Å². The Hall–Kier alpha value is -3.05. The standard InChI is InChI=1S/C18H12ClN3O2/c19-13-5-3-4-11(17(13)24)18-21-16(12-10-20-8-7-15(12)23)14-6-1-2-9-22(14)18/h1-10,24H,(H,20,23). The van der Waals surface area contributed by atoms with E-state index in [0.717, 1.165) is 5.52 Å². The number of nitrogens with zero attached hydrogens (tertiary/aromatic N) is 3. The average molecular weight is 338 g/mol. The molecular weight excluding hydrogens is 326 g/mol. The molecule has 118 valence electrons. The Morgan fingerprint density at radius 2 is 1.83 bits per heavy atom. The molecule has 0 atom stereocenters. The van der Waals surface area contributed by atoms with Crippen molar-refractivity contribution in [3.05, 3.63) is 66.1 Å². The minimum absolute atomic E-state index is 0.0307. The summed E-state index contributed by atoms with van der Waals surface area (Å²) in [7, 11) is 0. The summed E-state index contributed by atoms with van der Waals surface area (Å²) < 4.78 is 1.84. The second-order valence-electron chi connectivity index (χ2n) is 5.27. The van der Waals surface area contributed by atoms with E-state index in [1.165, 1.54) is 12.3 Å². The molecule has 0 saturated heterocycles. The number of halogens is 1. The van der Waals surface area contributed by atoms with E-state index in [9.17, 15) is 10.2 Å². The van der Waals surface area contributed by atoms with Crippen LogP contribution in [-0.4, -0.2) is 24.6 Å². The van der Waals surface area contributed by atoms with Crippen molar-refractivity contribution in [3.8, 4) is 34.1 Å². The van der Waals surface area contributed by atoms with Gasteiger partial charge in [-0.2, -0.15) is 0 Å². The molecule has 0 aliphatic rings. The summed E-state index contributed by atoms with van der Waals surface area (Å²) >= 11 is 6.03. The Morgan fingerprint density at radius 1 is 0.958 bits per heavy atom. The first kappa shape index (κ1) is 14.5. The Bertz CT molecular complexity index is 1060. The number of phenols is 1. The molecule has 0 fully saturated rings. The van der Waals surface area contributed by atoms with Gasteiger partial charge in [-0.25, -0.2) is 4.98 Å². The first-order chi connectivity index (χ1) is 11.7. The first-order valence-electron chi connectivity index (χ1n) is 7.25. The zero-order valence-electron chi connectivity index (χ0n) is 12.4. The number of pyridine rings is 2. The fraction of sp³-hybridized carbons (Fsp3) is 0. The van der Waals surface area contributed by atoms with E-state index >= 15 is 0 Å². The number of hydrogen-bond donors (Lipinski definition) is 2. The van der Waals surface area contributed by atoms with Crippen LogP contribution >= 0.6 is 11.6 Å². The Kier molecular flexibility index (Phi) is 3.36. The SMILES string of the molecule is Oc1ccncc1-c1nc(-c2cccc(Cl)c2O)n2ccccc12. The van der Waals surface area contributed by atoms with Gasteiger partial charge in [0.25, 0.3) is 0 Å². The maximum Gasteiger partial charge on any atom is 0.149 e. The van der Waals surface area contributed by atoms with Crippen molar-refractivity contribution in [3.63, 3.8) is 0 Å². The van der Waals surface area contributed by atoms with Crippen LogP contribution in [0.5, 0.6) is 11.5 Å². The summed E-state index contributed by atoms with van der Waals surface area (Å²) in [6, 6.07) is 12.3. The zero-order valence-corrected chi connectivity index (χ0v) is 13.1. The second-order valence-corrected chi connectivity index (χ2v) is 5.68. The third-order valence-electron chi connectivity index (χ3n) is 3.83. The molecule has 24 heavy (non-hydrogen) atoms. The summed E-state index contributed by atoms with van der Waals surface area (Å²) in [6.45, 7) is 0. The molecule has 0 radical (unpaired) electrons. The number of benzene rings is 1. The number of aromatic nitrogens is 3. The quantitative estimate of drug-likeness (QED) is 0.577. The fourth-order valence-corrected chi connectivity index (χ4v) is 2.87. The van der Waals surface area contributed by atoms with Crippen LogP contribution in [0.3, 0.4) is 0 Å². The third-order valence-corrected chi connectivity index (χ3v) is 4.13. The minimum Gasteiger partial charge on any atom is -0.507 e. The lowest BCUT2D eigenvalue weighted by Gasteiger charge is -2.05. The maximum absolute atomic E-state index is 10.3. The van der Waals surface area contributed by atoms with Crippen molar-refractivity contribution >= 4 is 17.1 Å². The van der Waals surface area contributed by atoms with Gasteiger partial charge in [-0.15, -0.1) is 0 Å². The molecule has 5 nitrogen and oxygen atoms in total. The molecule has 2 N–H and O–H groups in total. The lowest BCUT2D eigenvalue weighted by Crippen LogP contribution is -1.89. The number of para-hydroxylation sites is 1. The summed E-state index contributed by atoms with van der Waals surface area (Å²) in [6.07, 6.45) is 4.92. The highest BCUT2D eigenvalue weighted by Gasteiger charge is 2.19. The summed E-state index contributed by atoms with van der Waals surface area (Å²) in [5.74, 6) is 0.594. The predicted molar refractivity (Wildman–Crippen MR) is 92.2 cm³/mol. The van der Waals surface area contributed by atoms with E-state index in [2.05, 4.69) is 9.97 Å². The molecule has 0 aliphatic carbocycles. The Balaban J connectivity index is 2.06. The van der Waals surface area contributed by atoms with Crippen LogP contribution in [0, 0.1) is 0 Å². The van der Waals surface area contributed by atoms with Crippen molar-refractivity contribution in [1.82, 2.24) is 14.4 Å². The second kappa shape index (κ2) is 5.54. The first-order valence-corrected chi connectivity index (χ1v) is 7.63. The van der Waals surface area contributed by atoms with Crippen LogP contribution in [0.4, 0.5) is 0 Å². The molecule has 6 heteroatoms.